The summed E-state index contributed by atoms with van der Waals surface area (Å²) < 4.78 is 0. The molecule has 0 aliphatic heterocycles. The molecule has 0 aliphatic carbocycles. The summed E-state index contributed by atoms with van der Waals surface area (Å²) in [6.45, 7) is 2.63. The summed E-state index contributed by atoms with van der Waals surface area (Å²) >= 11 is 1.66. The Morgan fingerprint density at radius 2 is 2.18 bits per heavy atom. The third-order valence-electron chi connectivity index (χ3n) is 2.24. The lowest BCUT2D eigenvalue weighted by molar-refractivity contribution is 0.0954. The summed E-state index contributed by atoms with van der Waals surface area (Å²) in [5, 5.41) is 3.91. The van der Waals surface area contributed by atoms with Crippen molar-refractivity contribution in [3.8, 4) is 0 Å². The quantitative estimate of drug-likeness (QED) is 0.896. The Kier molecular flexibility index (Phi) is 3.82. The molecule has 2 aromatic heterocycles. The third kappa shape index (κ3) is 3.35. The molecule has 0 fully saturated rings. The number of rotatable bonds is 4. The topological polar surface area (TPSA) is 54.9 Å². The Balaban J connectivity index is 1.81. The molecule has 1 N–H and O–H groups in total. The molecule has 0 radical (unpaired) electrons. The van der Waals surface area contributed by atoms with Gasteiger partial charge in [0.25, 0.3) is 5.91 Å². The fraction of sp³-hybridized carbons (Fsp3) is 0.250. The van der Waals surface area contributed by atoms with Crippen molar-refractivity contribution >= 4 is 17.2 Å². The van der Waals surface area contributed by atoms with Crippen LogP contribution in [0.15, 0.2) is 30.7 Å². The van der Waals surface area contributed by atoms with Gasteiger partial charge in [-0.1, -0.05) is 0 Å². The standard InChI is InChI=1S/C12H13N3OS/c1-9-8-15-11(17-9)4-7-14-12(16)10-2-5-13-6-3-10/h2-3,5-6,8H,4,7H2,1H3,(H,14,16). The van der Waals surface area contributed by atoms with Gasteiger partial charge in [-0.25, -0.2) is 4.98 Å². The van der Waals surface area contributed by atoms with Crippen LogP contribution in [0.25, 0.3) is 0 Å². The first-order valence-electron chi connectivity index (χ1n) is 5.35. The van der Waals surface area contributed by atoms with Gasteiger partial charge in [0.05, 0.1) is 5.01 Å². The number of hydrogen-bond acceptors (Lipinski definition) is 4. The monoisotopic (exact) mass is 247 g/mol. The molecule has 88 valence electrons. The second-order valence-corrected chi connectivity index (χ2v) is 4.93. The van der Waals surface area contributed by atoms with E-state index in [2.05, 4.69) is 15.3 Å². The lowest BCUT2D eigenvalue weighted by Gasteiger charge is -2.03. The average Bonchev–Trinajstić information content (AvgIpc) is 2.76. The van der Waals surface area contributed by atoms with E-state index in [1.54, 1.807) is 35.9 Å². The van der Waals surface area contributed by atoms with Crippen molar-refractivity contribution in [1.82, 2.24) is 15.3 Å². The molecule has 0 aliphatic rings. The first kappa shape index (κ1) is 11.7. The molecule has 2 aromatic rings. The third-order valence-corrected chi connectivity index (χ3v) is 3.21. The lowest BCUT2D eigenvalue weighted by Crippen LogP contribution is -2.25. The molecule has 0 saturated heterocycles. The zero-order valence-corrected chi connectivity index (χ0v) is 10.3. The molecule has 0 bridgehead atoms. The fourth-order valence-electron chi connectivity index (χ4n) is 1.41. The Bertz CT molecular complexity index is 495. The van der Waals surface area contributed by atoms with Crippen LogP contribution in [-0.4, -0.2) is 22.4 Å². The zero-order valence-electron chi connectivity index (χ0n) is 9.51. The maximum absolute atomic E-state index is 11.7. The first-order chi connectivity index (χ1) is 8.25. The number of thiazole rings is 1. The van der Waals surface area contributed by atoms with Crippen molar-refractivity contribution in [2.45, 2.75) is 13.3 Å². The van der Waals surface area contributed by atoms with Crippen molar-refractivity contribution in [2.75, 3.05) is 6.54 Å². The van der Waals surface area contributed by atoms with Gasteiger partial charge in [-0.3, -0.25) is 9.78 Å². The molecule has 0 unspecified atom stereocenters. The molecular weight excluding hydrogens is 234 g/mol. The van der Waals surface area contributed by atoms with Gasteiger partial charge in [0.1, 0.15) is 0 Å². The number of hydrogen-bond donors (Lipinski definition) is 1. The minimum Gasteiger partial charge on any atom is -0.352 e. The van der Waals surface area contributed by atoms with Crippen LogP contribution in [0.1, 0.15) is 20.2 Å². The number of nitrogens with one attached hydrogen (secondary N) is 1. The highest BCUT2D eigenvalue weighted by Crippen LogP contribution is 2.10. The van der Waals surface area contributed by atoms with E-state index in [1.165, 1.54) is 4.88 Å². The predicted molar refractivity (Wildman–Crippen MR) is 67.1 cm³/mol. The van der Waals surface area contributed by atoms with Gasteiger partial charge in [0.2, 0.25) is 0 Å². The number of aromatic nitrogens is 2. The number of carbonyl (C=O) groups is 1. The number of amides is 1. The van der Waals surface area contributed by atoms with Gasteiger partial charge < -0.3 is 5.32 Å². The Morgan fingerprint density at radius 3 is 2.82 bits per heavy atom. The van der Waals surface area contributed by atoms with Gasteiger partial charge in [-0.05, 0) is 19.1 Å². The molecule has 5 heteroatoms. The van der Waals surface area contributed by atoms with Crippen LogP contribution in [0, 0.1) is 6.92 Å². The molecule has 4 nitrogen and oxygen atoms in total. The maximum atomic E-state index is 11.7. The van der Waals surface area contributed by atoms with Crippen LogP contribution in [0.5, 0.6) is 0 Å². The van der Waals surface area contributed by atoms with E-state index in [0.717, 1.165) is 11.4 Å². The minimum absolute atomic E-state index is 0.0688. The minimum atomic E-state index is -0.0688. The van der Waals surface area contributed by atoms with Crippen LogP contribution in [0.2, 0.25) is 0 Å². The molecule has 2 heterocycles. The van der Waals surface area contributed by atoms with Gasteiger partial charge in [0, 0.05) is 42.0 Å². The summed E-state index contributed by atoms with van der Waals surface area (Å²) in [6, 6.07) is 3.39. The molecule has 0 spiro atoms. The molecule has 1 amide bonds. The summed E-state index contributed by atoms with van der Waals surface area (Å²) in [4.78, 5) is 21.0. The van der Waals surface area contributed by atoms with E-state index in [9.17, 15) is 4.79 Å². The van der Waals surface area contributed by atoms with E-state index in [0.29, 0.717) is 12.1 Å². The second kappa shape index (κ2) is 5.54. The SMILES string of the molecule is Cc1cnc(CCNC(=O)c2ccncc2)s1. The van der Waals surface area contributed by atoms with Crippen molar-refractivity contribution in [3.05, 3.63) is 46.2 Å². The smallest absolute Gasteiger partial charge is 0.251 e. The van der Waals surface area contributed by atoms with Crippen LogP contribution < -0.4 is 5.32 Å². The Morgan fingerprint density at radius 1 is 1.41 bits per heavy atom. The van der Waals surface area contributed by atoms with Crippen molar-refractivity contribution in [2.24, 2.45) is 0 Å². The number of nitrogens with zero attached hydrogens (tertiary/aromatic N) is 2. The number of aryl methyl sites for hydroxylation is 1. The zero-order chi connectivity index (χ0) is 12.1. The number of carbonyl (C=O) groups excluding carboxylic acids is 1. The first-order valence-corrected chi connectivity index (χ1v) is 6.17. The summed E-state index contributed by atoms with van der Waals surface area (Å²) in [6.07, 6.45) is 5.85. The van der Waals surface area contributed by atoms with E-state index in [1.807, 2.05) is 13.1 Å². The van der Waals surface area contributed by atoms with Crippen molar-refractivity contribution in [3.63, 3.8) is 0 Å². The highest BCUT2D eigenvalue weighted by Gasteiger charge is 2.04. The van der Waals surface area contributed by atoms with E-state index >= 15 is 0 Å². The van der Waals surface area contributed by atoms with E-state index < -0.39 is 0 Å². The molecule has 17 heavy (non-hydrogen) atoms. The van der Waals surface area contributed by atoms with Gasteiger partial charge in [0.15, 0.2) is 0 Å². The lowest BCUT2D eigenvalue weighted by atomic mass is 10.2. The van der Waals surface area contributed by atoms with E-state index in [4.69, 9.17) is 0 Å². The molecule has 0 aromatic carbocycles. The second-order valence-electron chi connectivity index (χ2n) is 3.61. The van der Waals surface area contributed by atoms with Crippen LogP contribution in [-0.2, 0) is 6.42 Å². The highest BCUT2D eigenvalue weighted by atomic mass is 32.1. The van der Waals surface area contributed by atoms with Crippen LogP contribution >= 0.6 is 11.3 Å². The van der Waals surface area contributed by atoms with Gasteiger partial charge in [-0.2, -0.15) is 0 Å². The Labute approximate surface area is 104 Å². The maximum Gasteiger partial charge on any atom is 0.251 e. The fourth-order valence-corrected chi connectivity index (χ4v) is 2.19. The predicted octanol–water partition coefficient (Wildman–Crippen LogP) is 1.82. The van der Waals surface area contributed by atoms with Crippen molar-refractivity contribution in [1.29, 1.82) is 0 Å². The number of pyridine rings is 1. The Hall–Kier alpha value is -1.75. The summed E-state index contributed by atoms with van der Waals surface area (Å²) in [7, 11) is 0. The normalized spacial score (nSPS) is 10.2. The summed E-state index contributed by atoms with van der Waals surface area (Å²) in [5.41, 5.74) is 0.635. The van der Waals surface area contributed by atoms with Crippen LogP contribution in [0.3, 0.4) is 0 Å². The molecule has 0 atom stereocenters. The van der Waals surface area contributed by atoms with E-state index in [-0.39, 0.29) is 5.91 Å². The molecule has 2 rings (SSSR count). The summed E-state index contributed by atoms with van der Waals surface area (Å²) in [5.74, 6) is -0.0688. The average molecular weight is 247 g/mol. The molecular formula is C12H13N3OS. The van der Waals surface area contributed by atoms with Crippen LogP contribution in [0.4, 0.5) is 0 Å². The van der Waals surface area contributed by atoms with Gasteiger partial charge in [-0.15, -0.1) is 11.3 Å². The highest BCUT2D eigenvalue weighted by molar-refractivity contribution is 7.11. The largest absolute Gasteiger partial charge is 0.352 e. The van der Waals surface area contributed by atoms with Crippen molar-refractivity contribution < 1.29 is 4.79 Å². The van der Waals surface area contributed by atoms with Gasteiger partial charge >= 0.3 is 0 Å². The molecule has 0 saturated carbocycles.